The summed E-state index contributed by atoms with van der Waals surface area (Å²) in [4.78, 5) is 23.2. The van der Waals surface area contributed by atoms with Crippen LogP contribution in [0.15, 0.2) is 71.6 Å². The van der Waals surface area contributed by atoms with E-state index in [4.69, 9.17) is 9.47 Å². The Hall–Kier alpha value is -3.87. The highest BCUT2D eigenvalue weighted by Gasteiger charge is 2.27. The van der Waals surface area contributed by atoms with Gasteiger partial charge >= 0.3 is 0 Å². The molecule has 12 heteroatoms. The van der Waals surface area contributed by atoms with Gasteiger partial charge < -0.3 is 14.8 Å². The molecule has 0 aliphatic carbocycles. The second kappa shape index (κ2) is 10.2. The van der Waals surface area contributed by atoms with E-state index in [9.17, 15) is 27.7 Å². The van der Waals surface area contributed by atoms with Gasteiger partial charge in [0.05, 0.1) is 28.7 Å². The number of nitro benzene ring substituents is 1. The maximum absolute atomic E-state index is 13.3. The fourth-order valence-corrected chi connectivity index (χ4v) is 4.81. The Labute approximate surface area is 200 Å². The van der Waals surface area contributed by atoms with E-state index in [0.717, 1.165) is 6.07 Å². The fourth-order valence-electron chi connectivity index (χ4n) is 3.38. The number of hydrogen-bond donors (Lipinski definition) is 1. The third kappa shape index (κ3) is 5.62. The minimum absolute atomic E-state index is 0.00614. The molecule has 1 amide bonds. The van der Waals surface area contributed by atoms with Crippen molar-refractivity contribution >= 4 is 27.3 Å². The first kappa shape index (κ1) is 24.3. The number of morpholine rings is 1. The van der Waals surface area contributed by atoms with E-state index in [0.29, 0.717) is 0 Å². The summed E-state index contributed by atoms with van der Waals surface area (Å²) >= 11 is 0. The second-order valence-electron chi connectivity index (χ2n) is 7.49. The minimum atomic E-state index is -3.89. The first-order chi connectivity index (χ1) is 16.7. The number of non-ortho nitro benzene ring substituents is 1. The molecule has 0 unspecified atom stereocenters. The van der Waals surface area contributed by atoms with Crippen LogP contribution in [-0.2, 0) is 14.8 Å². The highest BCUT2D eigenvalue weighted by Crippen LogP contribution is 2.33. The van der Waals surface area contributed by atoms with Crippen molar-refractivity contribution in [3.05, 3.63) is 88.2 Å². The van der Waals surface area contributed by atoms with Crippen molar-refractivity contribution in [2.45, 2.75) is 4.90 Å². The first-order valence-corrected chi connectivity index (χ1v) is 11.9. The number of ether oxygens (including phenoxy) is 2. The van der Waals surface area contributed by atoms with Crippen LogP contribution in [0.2, 0.25) is 0 Å². The summed E-state index contributed by atoms with van der Waals surface area (Å²) in [5.74, 6) is -0.834. The zero-order valence-electron chi connectivity index (χ0n) is 18.2. The molecule has 1 aliphatic heterocycles. The third-order valence-corrected chi connectivity index (χ3v) is 7.06. The molecule has 4 rings (SSSR count). The third-order valence-electron chi connectivity index (χ3n) is 5.17. The lowest BCUT2D eigenvalue weighted by Crippen LogP contribution is -2.40. The number of nitrogens with zero attached hydrogens (tertiary/aromatic N) is 2. The molecular weight excluding hydrogens is 481 g/mol. The molecule has 3 aromatic carbocycles. The molecule has 182 valence electrons. The molecule has 35 heavy (non-hydrogen) atoms. The van der Waals surface area contributed by atoms with Gasteiger partial charge in [-0.3, -0.25) is 14.9 Å². The molecule has 0 aromatic heterocycles. The van der Waals surface area contributed by atoms with Crippen LogP contribution >= 0.6 is 0 Å². The largest absolute Gasteiger partial charge is 0.455 e. The van der Waals surface area contributed by atoms with Crippen molar-refractivity contribution in [3.8, 4) is 11.5 Å². The Morgan fingerprint density at radius 1 is 1.06 bits per heavy atom. The average molecular weight is 501 g/mol. The van der Waals surface area contributed by atoms with Crippen LogP contribution in [-0.4, -0.2) is 49.9 Å². The molecule has 1 aliphatic rings. The predicted molar refractivity (Wildman–Crippen MR) is 124 cm³/mol. The Morgan fingerprint density at radius 3 is 2.46 bits per heavy atom. The number of amides is 1. The number of hydrogen-bond acceptors (Lipinski definition) is 7. The molecule has 0 atom stereocenters. The van der Waals surface area contributed by atoms with Gasteiger partial charge in [-0.25, -0.2) is 12.8 Å². The smallest absolute Gasteiger partial charge is 0.270 e. The number of carbonyl (C=O) groups excluding carboxylic acids is 1. The monoisotopic (exact) mass is 501 g/mol. The summed E-state index contributed by atoms with van der Waals surface area (Å²) in [5, 5.41) is 13.6. The molecule has 0 spiro atoms. The van der Waals surface area contributed by atoms with E-state index in [2.05, 4.69) is 5.32 Å². The summed E-state index contributed by atoms with van der Waals surface area (Å²) in [5.41, 5.74) is -0.266. The van der Waals surface area contributed by atoms with Gasteiger partial charge in [-0.15, -0.1) is 0 Å². The van der Waals surface area contributed by atoms with Crippen molar-refractivity contribution in [1.82, 2.24) is 4.31 Å². The summed E-state index contributed by atoms with van der Waals surface area (Å²) in [6, 6.07) is 14.2. The number of carbonyl (C=O) groups is 1. The Morgan fingerprint density at radius 2 is 1.77 bits per heavy atom. The van der Waals surface area contributed by atoms with Gasteiger partial charge in [0.15, 0.2) is 5.75 Å². The standard InChI is InChI=1S/C23H20FN3O7S/c24-17-4-6-19(7-5-17)34-22-9-8-20(35(31,32)26-10-12-33-13-11-26)15-21(22)25-23(28)16-2-1-3-18(14-16)27(29)30/h1-9,14-15H,10-13H2,(H,25,28). The van der Waals surface area contributed by atoms with Crippen LogP contribution in [0.4, 0.5) is 15.8 Å². The second-order valence-corrected chi connectivity index (χ2v) is 9.43. The topological polar surface area (TPSA) is 128 Å². The highest BCUT2D eigenvalue weighted by atomic mass is 32.2. The van der Waals surface area contributed by atoms with E-state index in [1.54, 1.807) is 0 Å². The fraction of sp³-hybridized carbons (Fsp3) is 0.174. The van der Waals surface area contributed by atoms with Crippen LogP contribution in [0.3, 0.4) is 0 Å². The molecule has 1 saturated heterocycles. The van der Waals surface area contributed by atoms with Crippen molar-refractivity contribution in [3.63, 3.8) is 0 Å². The van der Waals surface area contributed by atoms with Crippen LogP contribution < -0.4 is 10.1 Å². The van der Waals surface area contributed by atoms with E-state index < -0.39 is 26.7 Å². The maximum atomic E-state index is 13.3. The zero-order valence-corrected chi connectivity index (χ0v) is 19.0. The number of nitrogens with one attached hydrogen (secondary N) is 1. The zero-order chi connectivity index (χ0) is 25.0. The molecule has 1 fully saturated rings. The maximum Gasteiger partial charge on any atom is 0.270 e. The number of rotatable bonds is 7. The number of benzene rings is 3. The highest BCUT2D eigenvalue weighted by molar-refractivity contribution is 7.89. The lowest BCUT2D eigenvalue weighted by Gasteiger charge is -2.26. The van der Waals surface area contributed by atoms with Crippen molar-refractivity contribution in [1.29, 1.82) is 0 Å². The normalized spacial score (nSPS) is 14.3. The minimum Gasteiger partial charge on any atom is -0.455 e. The molecule has 10 nitrogen and oxygen atoms in total. The van der Waals surface area contributed by atoms with Gasteiger partial charge in [0, 0.05) is 30.8 Å². The molecule has 3 aromatic rings. The lowest BCUT2D eigenvalue weighted by molar-refractivity contribution is -0.384. The lowest BCUT2D eigenvalue weighted by atomic mass is 10.2. The van der Waals surface area contributed by atoms with Crippen molar-refractivity contribution < 1.29 is 32.0 Å². The number of nitro groups is 1. The van der Waals surface area contributed by atoms with Crippen LogP contribution in [0, 0.1) is 15.9 Å². The van der Waals surface area contributed by atoms with E-state index in [-0.39, 0.29) is 59.6 Å². The van der Waals surface area contributed by atoms with E-state index in [1.165, 1.54) is 65.0 Å². The molecular formula is C23H20FN3O7S. The number of anilines is 1. The van der Waals surface area contributed by atoms with Gasteiger partial charge in [-0.05, 0) is 48.5 Å². The van der Waals surface area contributed by atoms with Gasteiger partial charge in [0.2, 0.25) is 10.0 Å². The van der Waals surface area contributed by atoms with Gasteiger partial charge in [0.1, 0.15) is 11.6 Å². The molecule has 0 radical (unpaired) electrons. The first-order valence-electron chi connectivity index (χ1n) is 10.5. The van der Waals surface area contributed by atoms with Gasteiger partial charge in [0.25, 0.3) is 11.6 Å². The number of sulfonamides is 1. The van der Waals surface area contributed by atoms with Crippen LogP contribution in [0.1, 0.15) is 10.4 Å². The predicted octanol–water partition coefficient (Wildman–Crippen LogP) is 3.80. The summed E-state index contributed by atoms with van der Waals surface area (Å²) in [6.45, 7) is 0.903. The summed E-state index contributed by atoms with van der Waals surface area (Å²) in [6.07, 6.45) is 0. The van der Waals surface area contributed by atoms with Crippen LogP contribution in [0.25, 0.3) is 0 Å². The molecule has 1 N–H and O–H groups in total. The van der Waals surface area contributed by atoms with Gasteiger partial charge in [-0.1, -0.05) is 6.07 Å². The molecule has 0 bridgehead atoms. The summed E-state index contributed by atoms with van der Waals surface area (Å²) in [7, 11) is -3.89. The van der Waals surface area contributed by atoms with Crippen molar-refractivity contribution in [2.24, 2.45) is 0 Å². The van der Waals surface area contributed by atoms with E-state index in [1.807, 2.05) is 0 Å². The van der Waals surface area contributed by atoms with E-state index >= 15 is 0 Å². The Bertz CT molecular complexity index is 1360. The summed E-state index contributed by atoms with van der Waals surface area (Å²) < 4.78 is 51.8. The molecule has 1 heterocycles. The average Bonchev–Trinajstić information content (AvgIpc) is 2.87. The van der Waals surface area contributed by atoms with Gasteiger partial charge in [-0.2, -0.15) is 4.31 Å². The van der Waals surface area contributed by atoms with Crippen LogP contribution in [0.5, 0.6) is 11.5 Å². The SMILES string of the molecule is O=C(Nc1cc(S(=O)(=O)N2CCOCC2)ccc1Oc1ccc(F)cc1)c1cccc([N+](=O)[O-])c1. The van der Waals surface area contributed by atoms with Crippen molar-refractivity contribution in [2.75, 3.05) is 31.6 Å². The molecule has 0 saturated carbocycles. The Balaban J connectivity index is 1.70. The Kier molecular flexibility index (Phi) is 7.05. The quantitative estimate of drug-likeness (QED) is 0.385. The number of halogens is 1.